The number of hydrogen-bond acceptors (Lipinski definition) is 3. The minimum atomic E-state index is -0.370. The minimum Gasteiger partial charge on any atom is -0.391 e. The van der Waals surface area contributed by atoms with Gasteiger partial charge in [0.1, 0.15) is 0 Å². The predicted molar refractivity (Wildman–Crippen MR) is 215 cm³/mol. The van der Waals surface area contributed by atoms with Gasteiger partial charge in [-0.3, -0.25) is 0 Å². The van der Waals surface area contributed by atoms with Gasteiger partial charge < -0.3 is 14.7 Å². The summed E-state index contributed by atoms with van der Waals surface area (Å²) in [5.41, 5.74) is -0.104. The zero-order valence-electron chi connectivity index (χ0n) is 33.3. The number of aliphatic hydroxyl groups is 1. The fourth-order valence-electron chi connectivity index (χ4n) is 6.33. The lowest BCUT2D eigenvalue weighted by Gasteiger charge is -2.31. The third kappa shape index (κ3) is 36.2. The van der Waals surface area contributed by atoms with Crippen molar-refractivity contribution >= 4 is 0 Å². The average Bonchev–Trinajstić information content (AvgIpc) is 3.07. The third-order valence-corrected chi connectivity index (χ3v) is 9.74. The molecule has 0 aromatic heterocycles. The van der Waals surface area contributed by atoms with Crippen molar-refractivity contribution in [2.45, 2.75) is 225 Å². The topological polar surface area (TPSA) is 32.7 Å². The Kier molecular flexibility index (Phi) is 36.3. The molecule has 0 aliphatic rings. The Bertz CT molecular complexity index is 763. The van der Waals surface area contributed by atoms with E-state index in [1.165, 1.54) is 161 Å². The minimum absolute atomic E-state index is 0.104. The summed E-state index contributed by atoms with van der Waals surface area (Å²) >= 11 is 0. The molecule has 2 unspecified atom stereocenters. The maximum Gasteiger partial charge on any atom is 0.0786 e. The normalized spacial score (nSPS) is 13.8. The van der Waals surface area contributed by atoms with Crippen molar-refractivity contribution in [3.63, 3.8) is 0 Å². The van der Waals surface area contributed by atoms with Crippen LogP contribution in [0.4, 0.5) is 0 Å². The highest BCUT2D eigenvalue weighted by Gasteiger charge is 2.25. The molecule has 282 valence electrons. The van der Waals surface area contributed by atoms with Gasteiger partial charge in [0.2, 0.25) is 0 Å². The molecule has 0 fully saturated rings. The highest BCUT2D eigenvalue weighted by Crippen LogP contribution is 2.27. The number of unbranched alkanes of at least 4 members (excludes halogenated alkanes) is 22. The molecule has 48 heavy (non-hydrogen) atoms. The van der Waals surface area contributed by atoms with Gasteiger partial charge in [-0.25, -0.2) is 0 Å². The summed E-state index contributed by atoms with van der Waals surface area (Å²) in [7, 11) is 4.13. The van der Waals surface area contributed by atoms with Crippen LogP contribution in [-0.4, -0.2) is 49.0 Å². The van der Waals surface area contributed by atoms with E-state index in [4.69, 9.17) is 4.74 Å². The fourth-order valence-corrected chi connectivity index (χ4v) is 6.33. The van der Waals surface area contributed by atoms with E-state index in [0.29, 0.717) is 6.61 Å². The van der Waals surface area contributed by atoms with Crippen LogP contribution in [0.3, 0.4) is 0 Å². The van der Waals surface area contributed by atoms with Crippen LogP contribution >= 0.6 is 0 Å². The van der Waals surface area contributed by atoms with Crippen molar-refractivity contribution in [3.05, 3.63) is 24.3 Å². The molecule has 0 spiro atoms. The van der Waals surface area contributed by atoms with Crippen molar-refractivity contribution in [3.8, 4) is 11.8 Å². The molecule has 0 saturated heterocycles. The number of rotatable bonds is 36. The third-order valence-electron chi connectivity index (χ3n) is 9.74. The number of aliphatic hydroxyl groups excluding tert-OH is 1. The molecule has 0 aliphatic carbocycles. The Morgan fingerprint density at radius 1 is 0.583 bits per heavy atom. The Morgan fingerprint density at radius 2 is 1.02 bits per heavy atom. The summed E-state index contributed by atoms with van der Waals surface area (Å²) in [4.78, 5) is 2.14. The zero-order valence-corrected chi connectivity index (χ0v) is 33.3. The molecule has 0 aromatic carbocycles. The van der Waals surface area contributed by atoms with Gasteiger partial charge in [-0.05, 0) is 85.2 Å². The van der Waals surface area contributed by atoms with Crippen LogP contribution in [0.15, 0.2) is 24.3 Å². The van der Waals surface area contributed by atoms with Crippen LogP contribution in [0.25, 0.3) is 0 Å². The number of nitrogens with zero attached hydrogens (tertiary/aromatic N) is 1. The van der Waals surface area contributed by atoms with Gasteiger partial charge in [-0.2, -0.15) is 0 Å². The Labute approximate surface area is 302 Å². The van der Waals surface area contributed by atoms with Gasteiger partial charge in [0.25, 0.3) is 0 Å². The summed E-state index contributed by atoms with van der Waals surface area (Å²) in [6, 6.07) is 0. The summed E-state index contributed by atoms with van der Waals surface area (Å²) in [5.74, 6) is 6.58. The van der Waals surface area contributed by atoms with E-state index in [2.05, 4.69) is 75.9 Å². The van der Waals surface area contributed by atoms with Gasteiger partial charge >= 0.3 is 0 Å². The van der Waals surface area contributed by atoms with E-state index in [1.54, 1.807) is 0 Å². The standard InChI is InChI=1S/C45H85NO2/c1-6-8-10-12-14-16-18-20-22-24-26-28-30-32-34-36-38-41-45(3,48-43-44(47)39-42-46(4)5)40-37-35-33-31-29-27-25-23-21-19-17-15-13-11-9-7-2/h16,18,21,23,44,47H,6-14,19-20,22,24-43H2,1-5H3. The number of ether oxygens (including phenoxy) is 1. The lowest BCUT2D eigenvalue weighted by molar-refractivity contribution is -0.0825. The van der Waals surface area contributed by atoms with Crippen molar-refractivity contribution in [1.82, 2.24) is 4.90 Å². The smallest absolute Gasteiger partial charge is 0.0786 e. The lowest BCUT2D eigenvalue weighted by atomic mass is 9.91. The maximum atomic E-state index is 10.5. The number of allylic oxidation sites excluding steroid dienone is 4. The van der Waals surface area contributed by atoms with Crippen molar-refractivity contribution in [1.29, 1.82) is 0 Å². The van der Waals surface area contributed by atoms with Gasteiger partial charge in [-0.1, -0.05) is 160 Å². The van der Waals surface area contributed by atoms with Gasteiger partial charge in [0, 0.05) is 19.4 Å². The molecule has 0 rings (SSSR count). The van der Waals surface area contributed by atoms with Crippen LogP contribution in [0.5, 0.6) is 0 Å². The van der Waals surface area contributed by atoms with Crippen LogP contribution in [-0.2, 0) is 4.74 Å². The molecule has 0 heterocycles. The largest absolute Gasteiger partial charge is 0.391 e. The zero-order chi connectivity index (χ0) is 35.2. The molecule has 0 bridgehead atoms. The second-order valence-electron chi connectivity index (χ2n) is 15.2. The molecular weight excluding hydrogens is 587 g/mol. The highest BCUT2D eigenvalue weighted by atomic mass is 16.5. The predicted octanol–water partition coefficient (Wildman–Crippen LogP) is 13.5. The van der Waals surface area contributed by atoms with Crippen molar-refractivity contribution < 1.29 is 9.84 Å². The number of hydrogen-bond donors (Lipinski definition) is 1. The summed E-state index contributed by atoms with van der Waals surface area (Å²) in [6.07, 6.45) is 47.1. The quantitative estimate of drug-likeness (QED) is 0.0409. The van der Waals surface area contributed by atoms with Gasteiger partial charge in [-0.15, -0.1) is 5.92 Å². The molecule has 1 N–H and O–H groups in total. The summed E-state index contributed by atoms with van der Waals surface area (Å²) in [6.45, 7) is 8.21. The van der Waals surface area contributed by atoms with E-state index in [-0.39, 0.29) is 11.7 Å². The van der Waals surface area contributed by atoms with E-state index >= 15 is 0 Å². The fraction of sp³-hybridized carbons (Fsp3) is 0.867. The van der Waals surface area contributed by atoms with E-state index in [9.17, 15) is 5.11 Å². The van der Waals surface area contributed by atoms with Crippen molar-refractivity contribution in [2.75, 3.05) is 27.2 Å². The Balaban J connectivity index is 4.09. The van der Waals surface area contributed by atoms with E-state index in [1.807, 2.05) is 0 Å². The molecule has 2 atom stereocenters. The average molecular weight is 672 g/mol. The summed E-state index contributed by atoms with van der Waals surface area (Å²) in [5, 5.41) is 10.5. The van der Waals surface area contributed by atoms with Crippen LogP contribution in [0, 0.1) is 11.8 Å². The Hall–Kier alpha value is -1.08. The van der Waals surface area contributed by atoms with E-state index < -0.39 is 0 Å². The summed E-state index contributed by atoms with van der Waals surface area (Å²) < 4.78 is 6.49. The molecule has 0 radical (unpaired) electrons. The highest BCUT2D eigenvalue weighted by molar-refractivity contribution is 5.04. The molecule has 3 heteroatoms. The molecule has 0 aromatic rings. The first-order valence-corrected chi connectivity index (χ1v) is 21.2. The van der Waals surface area contributed by atoms with Crippen LogP contribution < -0.4 is 0 Å². The second-order valence-corrected chi connectivity index (χ2v) is 15.2. The second kappa shape index (κ2) is 37.2. The maximum absolute atomic E-state index is 10.5. The molecule has 0 amide bonds. The van der Waals surface area contributed by atoms with Gasteiger partial charge in [0.05, 0.1) is 18.3 Å². The molecular formula is C45H85NO2. The molecule has 0 saturated carbocycles. The SMILES string of the molecule is CCCCCC#CCC=CCCCCCCCCC(C)(CCCCCCCCCCCC=CCCCCCC)OCC(O)CCN(C)C. The lowest BCUT2D eigenvalue weighted by Crippen LogP contribution is -2.33. The van der Waals surface area contributed by atoms with E-state index in [0.717, 1.165) is 38.6 Å². The first-order chi connectivity index (χ1) is 23.4. The van der Waals surface area contributed by atoms with Gasteiger partial charge in [0.15, 0.2) is 0 Å². The first-order valence-electron chi connectivity index (χ1n) is 21.2. The Morgan fingerprint density at radius 3 is 1.52 bits per heavy atom. The monoisotopic (exact) mass is 672 g/mol. The van der Waals surface area contributed by atoms with Crippen molar-refractivity contribution in [2.24, 2.45) is 0 Å². The van der Waals surface area contributed by atoms with Crippen LogP contribution in [0.2, 0.25) is 0 Å². The first kappa shape index (κ1) is 46.9. The molecule has 0 aliphatic heterocycles. The van der Waals surface area contributed by atoms with Crippen LogP contribution in [0.1, 0.15) is 213 Å². The molecule has 3 nitrogen and oxygen atoms in total.